The van der Waals surface area contributed by atoms with E-state index in [1.54, 1.807) is 0 Å². The van der Waals surface area contributed by atoms with Crippen molar-refractivity contribution in [1.29, 1.82) is 5.41 Å². The molecule has 0 aliphatic rings. The Kier molecular flexibility index (Phi) is 7.89. The van der Waals surface area contributed by atoms with Crippen LogP contribution < -0.4 is 15.8 Å². The topological polar surface area (TPSA) is 155 Å². The van der Waals surface area contributed by atoms with Gasteiger partial charge < -0.3 is 20.9 Å². The average Bonchev–Trinajstić information content (AvgIpc) is 2.64. The van der Waals surface area contributed by atoms with Gasteiger partial charge in [-0.3, -0.25) is 20.0 Å². The molecule has 1 aromatic carbocycles. The summed E-state index contributed by atoms with van der Waals surface area (Å²) in [6.45, 7) is -0.692. The number of benzene rings is 1. The van der Waals surface area contributed by atoms with Gasteiger partial charge in [-0.25, -0.2) is 4.79 Å². The molecule has 0 aliphatic carbocycles. The van der Waals surface area contributed by atoms with Gasteiger partial charge in [0, 0.05) is 11.8 Å². The summed E-state index contributed by atoms with van der Waals surface area (Å²) in [5, 5.41) is 18.3. The summed E-state index contributed by atoms with van der Waals surface area (Å²) in [4.78, 5) is 38.4. The van der Waals surface area contributed by atoms with Crippen molar-refractivity contribution in [2.45, 2.75) is 0 Å². The first-order chi connectivity index (χ1) is 12.4. The number of ether oxygens (including phenoxy) is 1. The van der Waals surface area contributed by atoms with Crippen LogP contribution in [-0.4, -0.2) is 46.7 Å². The largest absolute Gasteiger partial charge is 0.482 e. The molecule has 0 bridgehead atoms. The number of nitrogens with one attached hydrogen (secondary N) is 2. The highest BCUT2D eigenvalue weighted by Gasteiger charge is 2.11. The number of nitrogens with zero attached hydrogens (tertiary/aromatic N) is 1. The highest BCUT2D eigenvalue weighted by molar-refractivity contribution is 6.02. The molecule has 0 fully saturated rings. The van der Waals surface area contributed by atoms with E-state index in [0.717, 1.165) is 0 Å². The molecule has 0 unspecified atom stereocenters. The lowest BCUT2D eigenvalue weighted by Crippen LogP contribution is -2.29. The minimum absolute atomic E-state index is 0. The van der Waals surface area contributed by atoms with Gasteiger partial charge in [0.2, 0.25) is 0 Å². The van der Waals surface area contributed by atoms with Gasteiger partial charge in [-0.05, 0) is 36.4 Å². The first-order valence-electron chi connectivity index (χ1n) is 7.43. The van der Waals surface area contributed by atoms with E-state index < -0.39 is 18.5 Å². The van der Waals surface area contributed by atoms with Crippen LogP contribution in [0.3, 0.4) is 0 Å². The molecule has 1 amide bonds. The number of pyridine rings is 1. The molecule has 27 heavy (non-hydrogen) atoms. The summed E-state index contributed by atoms with van der Waals surface area (Å²) in [6.07, 6.45) is 1.27. The third-order valence-electron chi connectivity index (χ3n) is 3.25. The summed E-state index contributed by atoms with van der Waals surface area (Å²) >= 11 is 0. The molecule has 0 atom stereocenters. The van der Waals surface area contributed by atoms with Gasteiger partial charge in [0.15, 0.2) is 12.4 Å². The van der Waals surface area contributed by atoms with Gasteiger partial charge in [0.1, 0.15) is 17.3 Å². The highest BCUT2D eigenvalue weighted by atomic mass is 35.5. The molecule has 1 heterocycles. The molecule has 0 saturated carbocycles. The van der Waals surface area contributed by atoms with Gasteiger partial charge in [-0.15, -0.1) is 12.4 Å². The Morgan fingerprint density at radius 2 is 1.74 bits per heavy atom. The van der Waals surface area contributed by atoms with E-state index in [0.29, 0.717) is 11.3 Å². The van der Waals surface area contributed by atoms with Crippen LogP contribution in [0.25, 0.3) is 0 Å². The van der Waals surface area contributed by atoms with Crippen molar-refractivity contribution in [1.82, 2.24) is 10.3 Å². The monoisotopic (exact) mass is 392 g/mol. The predicted octanol–water partition coefficient (Wildman–Crippen LogP) is 0.864. The second-order valence-electron chi connectivity index (χ2n) is 5.16. The number of ketones is 1. The Balaban J connectivity index is 0.00000364. The zero-order valence-corrected chi connectivity index (χ0v) is 14.8. The molecular weight excluding hydrogens is 376 g/mol. The van der Waals surface area contributed by atoms with Gasteiger partial charge >= 0.3 is 5.97 Å². The van der Waals surface area contributed by atoms with Crippen LogP contribution in [0.2, 0.25) is 0 Å². The number of carbonyl (C=O) groups is 3. The second kappa shape index (κ2) is 9.88. The zero-order valence-electron chi connectivity index (χ0n) is 14.0. The zero-order chi connectivity index (χ0) is 19.1. The number of rotatable bonds is 8. The fourth-order valence-corrected chi connectivity index (χ4v) is 1.93. The van der Waals surface area contributed by atoms with Gasteiger partial charge in [-0.1, -0.05) is 0 Å². The maximum atomic E-state index is 12.1. The van der Waals surface area contributed by atoms with Crippen LogP contribution >= 0.6 is 12.4 Å². The molecular formula is C17H17ClN4O5. The maximum Gasteiger partial charge on any atom is 0.341 e. The van der Waals surface area contributed by atoms with Gasteiger partial charge in [0.25, 0.3) is 5.91 Å². The van der Waals surface area contributed by atoms with E-state index in [1.807, 2.05) is 0 Å². The summed E-state index contributed by atoms with van der Waals surface area (Å²) < 4.78 is 4.97. The third-order valence-corrected chi connectivity index (χ3v) is 3.25. The van der Waals surface area contributed by atoms with E-state index in [-0.39, 0.29) is 41.8 Å². The van der Waals surface area contributed by atoms with Crippen molar-refractivity contribution >= 4 is 35.9 Å². The minimum atomic E-state index is -1.10. The van der Waals surface area contributed by atoms with E-state index in [1.165, 1.54) is 42.6 Å². The second-order valence-corrected chi connectivity index (χ2v) is 5.16. The average molecular weight is 393 g/mol. The van der Waals surface area contributed by atoms with Crippen molar-refractivity contribution < 1.29 is 24.2 Å². The van der Waals surface area contributed by atoms with Crippen molar-refractivity contribution in [2.75, 3.05) is 13.2 Å². The Morgan fingerprint density at radius 3 is 2.26 bits per heavy atom. The first kappa shape index (κ1) is 21.6. The van der Waals surface area contributed by atoms with Gasteiger partial charge in [-0.2, -0.15) is 0 Å². The number of aromatic nitrogens is 1. The van der Waals surface area contributed by atoms with Crippen molar-refractivity contribution in [3.8, 4) is 5.75 Å². The number of carboxylic acids is 1. The van der Waals surface area contributed by atoms with Crippen LogP contribution in [0, 0.1) is 5.41 Å². The van der Waals surface area contributed by atoms with Crippen molar-refractivity contribution in [3.63, 3.8) is 0 Å². The Hall–Kier alpha value is -3.46. The molecule has 0 radical (unpaired) electrons. The Morgan fingerprint density at radius 1 is 1.11 bits per heavy atom. The lowest BCUT2D eigenvalue weighted by molar-refractivity contribution is -0.139. The third kappa shape index (κ3) is 6.40. The quantitative estimate of drug-likeness (QED) is 0.295. The SMILES string of the molecule is Cl.N=C(N)c1ccc(C(=O)NCC(=O)c2ccc(OCC(=O)O)cc2)cn1. The van der Waals surface area contributed by atoms with Crippen LogP contribution in [0.5, 0.6) is 5.75 Å². The number of nitrogen functional groups attached to an aromatic ring is 1. The molecule has 0 aliphatic heterocycles. The van der Waals surface area contributed by atoms with Crippen LogP contribution in [-0.2, 0) is 4.79 Å². The summed E-state index contributed by atoms with van der Waals surface area (Å²) in [6, 6.07) is 8.81. The number of aliphatic carboxylic acids is 1. The molecule has 9 nitrogen and oxygen atoms in total. The van der Waals surface area contributed by atoms with E-state index >= 15 is 0 Å². The highest BCUT2D eigenvalue weighted by Crippen LogP contribution is 2.12. The standard InChI is InChI=1S/C17H16N4O5.ClH/c18-16(19)13-6-3-11(7-20-13)17(25)21-8-14(22)10-1-4-12(5-2-10)26-9-15(23)24;/h1-7H,8-9H2,(H3,18,19)(H,21,25)(H,23,24);1H. The maximum absolute atomic E-state index is 12.1. The van der Waals surface area contributed by atoms with E-state index in [4.69, 9.17) is 21.0 Å². The van der Waals surface area contributed by atoms with E-state index in [2.05, 4.69) is 10.3 Å². The lowest BCUT2D eigenvalue weighted by Gasteiger charge is -2.07. The van der Waals surface area contributed by atoms with Crippen molar-refractivity contribution in [3.05, 3.63) is 59.4 Å². The number of Topliss-reactive ketones (excluding diaryl/α,β-unsaturated/α-hetero) is 1. The molecule has 5 N–H and O–H groups in total. The van der Waals surface area contributed by atoms with Crippen LogP contribution in [0.15, 0.2) is 42.6 Å². The smallest absolute Gasteiger partial charge is 0.341 e. The molecule has 142 valence electrons. The number of carboxylic acid groups (broad SMARTS) is 1. The molecule has 2 rings (SSSR count). The fourth-order valence-electron chi connectivity index (χ4n) is 1.93. The summed E-state index contributed by atoms with van der Waals surface area (Å²) in [5.74, 6) is -1.79. The molecule has 1 aromatic heterocycles. The number of nitrogens with two attached hydrogens (primary N) is 1. The molecule has 10 heteroatoms. The predicted molar refractivity (Wildman–Crippen MR) is 98.7 cm³/mol. The molecule has 0 spiro atoms. The lowest BCUT2D eigenvalue weighted by atomic mass is 10.1. The van der Waals surface area contributed by atoms with Gasteiger partial charge in [0.05, 0.1) is 12.1 Å². The molecule has 0 saturated heterocycles. The fraction of sp³-hybridized carbons (Fsp3) is 0.118. The number of amidine groups is 1. The summed E-state index contributed by atoms with van der Waals surface area (Å²) in [7, 11) is 0. The van der Waals surface area contributed by atoms with Crippen LogP contribution in [0.1, 0.15) is 26.4 Å². The number of amides is 1. The minimum Gasteiger partial charge on any atom is -0.482 e. The van der Waals surface area contributed by atoms with Crippen LogP contribution in [0.4, 0.5) is 0 Å². The van der Waals surface area contributed by atoms with E-state index in [9.17, 15) is 14.4 Å². The Bertz CT molecular complexity index is 837. The number of carbonyl (C=O) groups excluding carboxylic acids is 2. The number of hydrogen-bond acceptors (Lipinski definition) is 6. The normalized spacial score (nSPS) is 9.63. The summed E-state index contributed by atoms with van der Waals surface area (Å²) in [5.41, 5.74) is 6.12. The number of halogens is 1. The molecule has 2 aromatic rings. The first-order valence-corrected chi connectivity index (χ1v) is 7.43. The Labute approximate surface area is 160 Å². The number of hydrogen-bond donors (Lipinski definition) is 4. The van der Waals surface area contributed by atoms with Crippen molar-refractivity contribution in [2.24, 2.45) is 5.73 Å².